The molecule has 1 aromatic rings. The summed E-state index contributed by atoms with van der Waals surface area (Å²) in [6, 6.07) is 0. The van der Waals surface area contributed by atoms with Crippen molar-refractivity contribution in [2.75, 3.05) is 37.7 Å². The highest BCUT2D eigenvalue weighted by Gasteiger charge is 2.72. The van der Waals surface area contributed by atoms with Gasteiger partial charge in [0.2, 0.25) is 0 Å². The van der Waals surface area contributed by atoms with Gasteiger partial charge in [-0.05, 0) is 0 Å². The van der Waals surface area contributed by atoms with E-state index in [0.29, 0.717) is 18.1 Å². The Labute approximate surface area is 108 Å². The molecular formula is C11H15F2N3OS. The van der Waals surface area contributed by atoms with Crippen LogP contribution in [0.15, 0.2) is 6.20 Å². The average molecular weight is 275 g/mol. The molecule has 1 aliphatic carbocycles. The summed E-state index contributed by atoms with van der Waals surface area (Å²) in [7, 11) is 0. The summed E-state index contributed by atoms with van der Waals surface area (Å²) in [5.41, 5.74) is 4.37. The molecule has 3 rings (SSSR count). The molecule has 4 nitrogen and oxygen atoms in total. The monoisotopic (exact) mass is 275 g/mol. The number of anilines is 1. The van der Waals surface area contributed by atoms with Crippen molar-refractivity contribution in [3.63, 3.8) is 0 Å². The van der Waals surface area contributed by atoms with E-state index >= 15 is 0 Å². The first-order chi connectivity index (χ1) is 8.59. The van der Waals surface area contributed by atoms with Crippen LogP contribution in [0.1, 0.15) is 11.3 Å². The number of ether oxygens (including phenoxy) is 1. The van der Waals surface area contributed by atoms with Crippen LogP contribution in [0, 0.1) is 0 Å². The lowest BCUT2D eigenvalue weighted by Crippen LogP contribution is -2.36. The van der Waals surface area contributed by atoms with Gasteiger partial charge in [0, 0.05) is 37.1 Å². The van der Waals surface area contributed by atoms with Crippen LogP contribution in [0.3, 0.4) is 0 Å². The lowest BCUT2D eigenvalue weighted by atomic mass is 10.1. The summed E-state index contributed by atoms with van der Waals surface area (Å²) in [6.07, 6.45) is 1.41. The molecule has 0 amide bonds. The number of hydrogen-bond donors (Lipinski definition) is 1. The predicted molar refractivity (Wildman–Crippen MR) is 65.4 cm³/mol. The van der Waals surface area contributed by atoms with Gasteiger partial charge in [-0.2, -0.15) is 0 Å². The van der Waals surface area contributed by atoms with Crippen LogP contribution in [-0.4, -0.2) is 43.8 Å². The van der Waals surface area contributed by atoms with Crippen molar-refractivity contribution in [1.29, 1.82) is 0 Å². The van der Waals surface area contributed by atoms with Crippen LogP contribution in [0.4, 0.5) is 13.9 Å². The molecular weight excluding hydrogens is 260 g/mol. The SMILES string of the molecule is NCC1(c2cnc(N3CCOCC3)s2)CC1(F)F. The van der Waals surface area contributed by atoms with Gasteiger partial charge in [0.25, 0.3) is 5.92 Å². The van der Waals surface area contributed by atoms with Crippen molar-refractivity contribution in [2.45, 2.75) is 17.8 Å². The van der Waals surface area contributed by atoms with Gasteiger partial charge in [0.05, 0.1) is 18.6 Å². The Balaban J connectivity index is 1.81. The number of halogens is 2. The zero-order chi connectivity index (χ0) is 12.8. The van der Waals surface area contributed by atoms with Gasteiger partial charge in [0.1, 0.15) is 0 Å². The molecule has 18 heavy (non-hydrogen) atoms. The molecule has 0 aromatic carbocycles. The molecule has 2 fully saturated rings. The minimum absolute atomic E-state index is 0.0231. The fraction of sp³-hybridized carbons (Fsp3) is 0.727. The van der Waals surface area contributed by atoms with Gasteiger partial charge in [-0.15, -0.1) is 11.3 Å². The van der Waals surface area contributed by atoms with Gasteiger partial charge in [-0.25, -0.2) is 13.8 Å². The Morgan fingerprint density at radius 2 is 2.11 bits per heavy atom. The third kappa shape index (κ3) is 1.72. The van der Waals surface area contributed by atoms with Crippen LogP contribution in [0.2, 0.25) is 0 Å². The number of nitrogens with two attached hydrogens (primary N) is 1. The Kier molecular flexibility index (Phi) is 2.80. The highest BCUT2D eigenvalue weighted by molar-refractivity contribution is 7.15. The highest BCUT2D eigenvalue weighted by atomic mass is 32.1. The van der Waals surface area contributed by atoms with E-state index in [9.17, 15) is 8.78 Å². The zero-order valence-electron chi connectivity index (χ0n) is 9.86. The Hall–Kier alpha value is -0.790. The van der Waals surface area contributed by atoms with E-state index in [2.05, 4.69) is 9.88 Å². The molecule has 0 bridgehead atoms. The number of thiazole rings is 1. The van der Waals surface area contributed by atoms with Crippen molar-refractivity contribution in [2.24, 2.45) is 5.73 Å². The van der Waals surface area contributed by atoms with E-state index in [4.69, 9.17) is 10.5 Å². The molecule has 1 aliphatic heterocycles. The molecule has 2 N–H and O–H groups in total. The summed E-state index contributed by atoms with van der Waals surface area (Å²) < 4.78 is 32.2. The maximum absolute atomic E-state index is 13.5. The summed E-state index contributed by atoms with van der Waals surface area (Å²) >= 11 is 1.33. The molecule has 0 spiro atoms. The number of morpholine rings is 1. The third-order valence-electron chi connectivity index (χ3n) is 3.69. The van der Waals surface area contributed by atoms with Gasteiger partial charge in [0.15, 0.2) is 5.13 Å². The van der Waals surface area contributed by atoms with E-state index in [1.54, 1.807) is 6.20 Å². The summed E-state index contributed by atoms with van der Waals surface area (Å²) in [4.78, 5) is 6.94. The lowest BCUT2D eigenvalue weighted by Gasteiger charge is -2.26. The second-order valence-corrected chi connectivity index (χ2v) is 5.78. The summed E-state index contributed by atoms with van der Waals surface area (Å²) in [5, 5.41) is 0.795. The van der Waals surface area contributed by atoms with Crippen molar-refractivity contribution >= 4 is 16.5 Å². The molecule has 7 heteroatoms. The van der Waals surface area contributed by atoms with E-state index < -0.39 is 11.3 Å². The second-order valence-electron chi connectivity index (χ2n) is 4.77. The fourth-order valence-corrected chi connectivity index (χ4v) is 3.53. The van der Waals surface area contributed by atoms with Crippen molar-refractivity contribution in [3.05, 3.63) is 11.1 Å². The molecule has 1 unspecified atom stereocenters. The maximum atomic E-state index is 13.5. The first-order valence-corrected chi connectivity index (χ1v) is 6.78. The predicted octanol–water partition coefficient (Wildman–Crippen LogP) is 1.22. The number of aromatic nitrogens is 1. The van der Waals surface area contributed by atoms with E-state index in [1.807, 2.05) is 0 Å². The van der Waals surface area contributed by atoms with Crippen LogP contribution in [0.5, 0.6) is 0 Å². The van der Waals surface area contributed by atoms with Gasteiger partial charge >= 0.3 is 0 Å². The smallest absolute Gasteiger partial charge is 0.261 e. The van der Waals surface area contributed by atoms with Crippen molar-refractivity contribution in [3.8, 4) is 0 Å². The minimum Gasteiger partial charge on any atom is -0.378 e. The molecule has 1 saturated carbocycles. The van der Waals surface area contributed by atoms with Crippen molar-refractivity contribution in [1.82, 2.24) is 4.98 Å². The Morgan fingerprint density at radius 3 is 2.67 bits per heavy atom. The average Bonchev–Trinajstić information content (AvgIpc) is 2.78. The molecule has 2 aliphatic rings. The van der Waals surface area contributed by atoms with Crippen LogP contribution in [0.25, 0.3) is 0 Å². The van der Waals surface area contributed by atoms with E-state index in [-0.39, 0.29) is 13.0 Å². The normalized spacial score (nSPS) is 30.5. The van der Waals surface area contributed by atoms with E-state index in [1.165, 1.54) is 11.3 Å². The molecule has 1 aromatic heterocycles. The number of nitrogens with zero attached hydrogens (tertiary/aromatic N) is 2. The second kappa shape index (κ2) is 4.11. The van der Waals surface area contributed by atoms with Crippen LogP contribution < -0.4 is 10.6 Å². The number of hydrogen-bond acceptors (Lipinski definition) is 5. The van der Waals surface area contributed by atoms with Gasteiger partial charge in [-0.3, -0.25) is 0 Å². The molecule has 1 atom stereocenters. The van der Waals surface area contributed by atoms with Gasteiger partial charge in [-0.1, -0.05) is 0 Å². The molecule has 0 radical (unpaired) electrons. The summed E-state index contributed by atoms with van der Waals surface area (Å²) in [5.74, 6) is -2.67. The van der Waals surface area contributed by atoms with E-state index in [0.717, 1.165) is 18.2 Å². The quantitative estimate of drug-likeness (QED) is 0.901. The van der Waals surface area contributed by atoms with Gasteiger partial charge < -0.3 is 15.4 Å². The third-order valence-corrected chi connectivity index (χ3v) is 4.96. The number of alkyl halides is 2. The van der Waals surface area contributed by atoms with Crippen LogP contribution in [-0.2, 0) is 10.2 Å². The zero-order valence-corrected chi connectivity index (χ0v) is 10.7. The minimum atomic E-state index is -2.67. The first kappa shape index (κ1) is 12.3. The van der Waals surface area contributed by atoms with Crippen molar-refractivity contribution < 1.29 is 13.5 Å². The standard InChI is InChI=1S/C11H15F2N3OS/c12-11(13)6-10(11,7-14)8-5-15-9(18-8)16-1-3-17-4-2-16/h5H,1-4,6-7,14H2. The lowest BCUT2D eigenvalue weighted by molar-refractivity contribution is 0.0904. The topological polar surface area (TPSA) is 51.4 Å². The molecule has 1 saturated heterocycles. The maximum Gasteiger partial charge on any atom is 0.261 e. The molecule has 2 heterocycles. The Morgan fingerprint density at radius 1 is 1.44 bits per heavy atom. The summed E-state index contributed by atoms with van der Waals surface area (Å²) in [6.45, 7) is 2.82. The Bertz CT molecular complexity index is 447. The fourth-order valence-electron chi connectivity index (χ4n) is 2.31. The number of rotatable bonds is 3. The van der Waals surface area contributed by atoms with Crippen LogP contribution >= 0.6 is 11.3 Å². The first-order valence-electron chi connectivity index (χ1n) is 5.96. The highest BCUT2D eigenvalue weighted by Crippen LogP contribution is 2.62. The molecule has 100 valence electrons. The largest absolute Gasteiger partial charge is 0.378 e.